The molecule has 2 aliphatic heterocycles. The average Bonchev–Trinajstić information content (AvgIpc) is 3.20. The number of nitrogens with one attached hydrogen (secondary N) is 2. The molecule has 3 heterocycles. The molecule has 1 fully saturated rings. The van der Waals surface area contributed by atoms with Crippen LogP contribution in [-0.4, -0.2) is 47.0 Å². The zero-order valence-corrected chi connectivity index (χ0v) is 13.6. The number of nitrogens with zero attached hydrogens (tertiary/aromatic N) is 3. The minimum atomic E-state index is -0.447. The number of fused-ring (bicyclic) bond motifs is 1. The number of ether oxygens (including phenoxy) is 2. The molecular formula is C16H17N5O4. The van der Waals surface area contributed by atoms with Crippen LogP contribution in [0, 0.1) is 12.8 Å². The Morgan fingerprint density at radius 3 is 2.84 bits per heavy atom. The maximum absolute atomic E-state index is 12.4. The van der Waals surface area contributed by atoms with Gasteiger partial charge < -0.3 is 19.7 Å². The lowest BCUT2D eigenvalue weighted by molar-refractivity contribution is -0.122. The van der Waals surface area contributed by atoms with Crippen molar-refractivity contribution in [1.29, 1.82) is 0 Å². The Bertz CT molecular complexity index is 834. The van der Waals surface area contributed by atoms with Crippen molar-refractivity contribution in [3.63, 3.8) is 0 Å². The molecule has 4 rings (SSSR count). The van der Waals surface area contributed by atoms with Crippen LogP contribution in [0.3, 0.4) is 0 Å². The number of rotatable bonds is 3. The number of hydrogen-bond acceptors (Lipinski definition) is 6. The van der Waals surface area contributed by atoms with Crippen LogP contribution < -0.4 is 19.7 Å². The van der Waals surface area contributed by atoms with E-state index in [0.29, 0.717) is 48.5 Å². The van der Waals surface area contributed by atoms with E-state index in [2.05, 4.69) is 20.7 Å². The SMILES string of the molecule is Cc1n[nH]nc1NC(=O)C1CC(=O)N(c2ccc3c(c2)OCCO3)C1. The molecule has 0 spiro atoms. The third kappa shape index (κ3) is 2.88. The van der Waals surface area contributed by atoms with Gasteiger partial charge in [0.2, 0.25) is 11.8 Å². The molecule has 0 aliphatic carbocycles. The van der Waals surface area contributed by atoms with Crippen LogP contribution in [-0.2, 0) is 9.59 Å². The van der Waals surface area contributed by atoms with Crippen molar-refractivity contribution in [2.45, 2.75) is 13.3 Å². The topological polar surface area (TPSA) is 109 Å². The van der Waals surface area contributed by atoms with Gasteiger partial charge in [-0.25, -0.2) is 0 Å². The van der Waals surface area contributed by atoms with Gasteiger partial charge >= 0.3 is 0 Å². The number of carbonyl (C=O) groups excluding carboxylic acids is 2. The number of benzene rings is 1. The first-order valence-corrected chi connectivity index (χ1v) is 8.00. The molecule has 2 N–H and O–H groups in total. The van der Waals surface area contributed by atoms with Crippen LogP contribution >= 0.6 is 0 Å². The molecule has 1 aromatic heterocycles. The van der Waals surface area contributed by atoms with E-state index >= 15 is 0 Å². The zero-order valence-electron chi connectivity index (χ0n) is 13.6. The van der Waals surface area contributed by atoms with Gasteiger partial charge in [-0.15, -0.1) is 5.10 Å². The summed E-state index contributed by atoms with van der Waals surface area (Å²) < 4.78 is 11.0. The highest BCUT2D eigenvalue weighted by atomic mass is 16.6. The molecule has 9 heteroatoms. The van der Waals surface area contributed by atoms with Gasteiger partial charge in [-0.05, 0) is 19.1 Å². The van der Waals surface area contributed by atoms with Gasteiger partial charge in [-0.2, -0.15) is 10.3 Å². The molecule has 1 unspecified atom stereocenters. The lowest BCUT2D eigenvalue weighted by atomic mass is 10.1. The number of amides is 2. The number of carbonyl (C=O) groups is 2. The second-order valence-corrected chi connectivity index (χ2v) is 5.98. The predicted octanol–water partition coefficient (Wildman–Crippen LogP) is 0.876. The maximum atomic E-state index is 12.4. The van der Waals surface area contributed by atoms with Crippen molar-refractivity contribution < 1.29 is 19.1 Å². The molecule has 1 aromatic carbocycles. The van der Waals surface area contributed by atoms with Crippen molar-refractivity contribution in [3.05, 3.63) is 23.9 Å². The molecule has 2 aliphatic rings. The smallest absolute Gasteiger partial charge is 0.231 e. The number of H-pyrrole nitrogens is 1. The van der Waals surface area contributed by atoms with Gasteiger partial charge in [0.15, 0.2) is 17.3 Å². The molecule has 1 saturated heterocycles. The van der Waals surface area contributed by atoms with Crippen molar-refractivity contribution in [3.8, 4) is 11.5 Å². The summed E-state index contributed by atoms with van der Waals surface area (Å²) in [6.45, 7) is 3.03. The molecule has 2 aromatic rings. The monoisotopic (exact) mass is 343 g/mol. The summed E-state index contributed by atoms with van der Waals surface area (Å²) in [5, 5.41) is 12.9. The van der Waals surface area contributed by atoms with Crippen molar-refractivity contribution in [2.75, 3.05) is 30.0 Å². The minimum absolute atomic E-state index is 0.103. The minimum Gasteiger partial charge on any atom is -0.486 e. The Kier molecular flexibility index (Phi) is 3.75. The van der Waals surface area contributed by atoms with Crippen LogP contribution in [0.5, 0.6) is 11.5 Å². The molecule has 1 atom stereocenters. The van der Waals surface area contributed by atoms with E-state index in [-0.39, 0.29) is 18.2 Å². The molecule has 2 amide bonds. The summed E-state index contributed by atoms with van der Waals surface area (Å²) in [6.07, 6.45) is 0.150. The third-order valence-electron chi connectivity index (χ3n) is 4.30. The Balaban J connectivity index is 1.48. The van der Waals surface area contributed by atoms with E-state index < -0.39 is 5.92 Å². The fraction of sp³-hybridized carbons (Fsp3) is 0.375. The van der Waals surface area contributed by atoms with Gasteiger partial charge in [0, 0.05) is 24.7 Å². The summed E-state index contributed by atoms with van der Waals surface area (Å²) >= 11 is 0. The molecular weight excluding hydrogens is 326 g/mol. The second kappa shape index (κ2) is 6.08. The molecule has 0 bridgehead atoms. The van der Waals surface area contributed by atoms with Crippen LogP contribution in [0.25, 0.3) is 0 Å². The Hall–Kier alpha value is -3.10. The number of aromatic nitrogens is 3. The Morgan fingerprint density at radius 1 is 1.28 bits per heavy atom. The molecule has 0 saturated carbocycles. The van der Waals surface area contributed by atoms with E-state index in [4.69, 9.17) is 9.47 Å². The normalized spacial score (nSPS) is 19.2. The van der Waals surface area contributed by atoms with Crippen molar-refractivity contribution >= 4 is 23.3 Å². The second-order valence-electron chi connectivity index (χ2n) is 5.98. The molecule has 130 valence electrons. The summed E-state index contributed by atoms with van der Waals surface area (Å²) in [7, 11) is 0. The van der Waals surface area contributed by atoms with Crippen LogP contribution in [0.2, 0.25) is 0 Å². The fourth-order valence-corrected chi connectivity index (χ4v) is 2.95. The van der Waals surface area contributed by atoms with E-state index in [9.17, 15) is 9.59 Å². The van der Waals surface area contributed by atoms with Gasteiger partial charge in [-0.1, -0.05) is 0 Å². The van der Waals surface area contributed by atoms with Gasteiger partial charge in [0.05, 0.1) is 5.92 Å². The lowest BCUT2D eigenvalue weighted by Gasteiger charge is -2.22. The standard InChI is InChI=1S/C16H17N5O4/c1-9-15(19-20-18-9)17-16(23)10-6-14(22)21(8-10)11-2-3-12-13(7-11)25-5-4-24-12/h2-3,7,10H,4-6,8H2,1H3,(H2,17,18,19,20,23). The van der Waals surface area contributed by atoms with Crippen LogP contribution in [0.15, 0.2) is 18.2 Å². The third-order valence-corrected chi connectivity index (χ3v) is 4.30. The first-order chi connectivity index (χ1) is 12.1. The fourth-order valence-electron chi connectivity index (χ4n) is 2.95. The molecule has 0 radical (unpaired) electrons. The summed E-state index contributed by atoms with van der Waals surface area (Å²) in [6, 6.07) is 5.35. The lowest BCUT2D eigenvalue weighted by Crippen LogP contribution is -2.28. The zero-order chi connectivity index (χ0) is 17.4. The summed E-state index contributed by atoms with van der Waals surface area (Å²) in [5.41, 5.74) is 1.29. The highest BCUT2D eigenvalue weighted by Crippen LogP contribution is 2.36. The number of hydrogen-bond donors (Lipinski definition) is 2. The van der Waals surface area contributed by atoms with Gasteiger partial charge in [0.25, 0.3) is 0 Å². The quantitative estimate of drug-likeness (QED) is 0.856. The maximum Gasteiger partial charge on any atom is 0.231 e. The Morgan fingerprint density at radius 2 is 2.08 bits per heavy atom. The Labute approximate surface area is 143 Å². The first-order valence-electron chi connectivity index (χ1n) is 8.00. The molecule has 9 nitrogen and oxygen atoms in total. The number of aromatic amines is 1. The van der Waals surface area contributed by atoms with Gasteiger partial charge in [-0.3, -0.25) is 9.59 Å². The highest BCUT2D eigenvalue weighted by molar-refractivity contribution is 6.03. The number of anilines is 2. The van der Waals surface area contributed by atoms with Crippen LogP contribution in [0.4, 0.5) is 11.5 Å². The summed E-state index contributed by atoms with van der Waals surface area (Å²) in [5.74, 6) is 0.867. The summed E-state index contributed by atoms with van der Waals surface area (Å²) in [4.78, 5) is 26.4. The predicted molar refractivity (Wildman–Crippen MR) is 87.6 cm³/mol. The van der Waals surface area contributed by atoms with E-state index in [1.54, 1.807) is 30.0 Å². The average molecular weight is 343 g/mol. The van der Waals surface area contributed by atoms with E-state index in [1.807, 2.05) is 0 Å². The molecule has 25 heavy (non-hydrogen) atoms. The van der Waals surface area contributed by atoms with Crippen molar-refractivity contribution in [1.82, 2.24) is 15.4 Å². The first kappa shape index (κ1) is 15.4. The van der Waals surface area contributed by atoms with E-state index in [1.165, 1.54) is 0 Å². The van der Waals surface area contributed by atoms with E-state index in [0.717, 1.165) is 0 Å². The van der Waals surface area contributed by atoms with Crippen molar-refractivity contribution in [2.24, 2.45) is 5.92 Å². The highest BCUT2D eigenvalue weighted by Gasteiger charge is 2.36. The largest absolute Gasteiger partial charge is 0.486 e. The van der Waals surface area contributed by atoms with Crippen LogP contribution in [0.1, 0.15) is 12.1 Å². The van der Waals surface area contributed by atoms with Gasteiger partial charge in [0.1, 0.15) is 18.9 Å². The number of aryl methyl sites for hydroxylation is 1.